The Morgan fingerprint density at radius 1 is 1.15 bits per heavy atom. The van der Waals surface area contributed by atoms with Crippen LogP contribution in [-0.4, -0.2) is 0 Å². The van der Waals surface area contributed by atoms with Gasteiger partial charge >= 0.3 is 0 Å². The maximum atomic E-state index is 2.55. The first kappa shape index (κ1) is 13.0. The molecule has 0 heterocycles. The maximum Gasteiger partial charge on any atom is -0.0246 e. The Morgan fingerprint density at radius 3 is 2.08 bits per heavy atom. The quantitative estimate of drug-likeness (QED) is 0.529. The summed E-state index contributed by atoms with van der Waals surface area (Å²) in [5, 5.41) is 0. The van der Waals surface area contributed by atoms with Crippen LogP contribution in [0.25, 0.3) is 0 Å². The molecule has 0 aliphatic heterocycles. The van der Waals surface area contributed by atoms with E-state index in [-0.39, 0.29) is 0 Å². The Kier molecular flexibility index (Phi) is 6.45. The molecule has 13 heavy (non-hydrogen) atoms. The molecule has 79 valence electrons. The zero-order chi connectivity index (χ0) is 10.3. The first-order valence-corrected chi connectivity index (χ1v) is 5.97. The van der Waals surface area contributed by atoms with Gasteiger partial charge in [-0.05, 0) is 30.6 Å². The Hall–Kier alpha value is 0. The van der Waals surface area contributed by atoms with E-state index in [1.165, 1.54) is 32.1 Å². The largest absolute Gasteiger partial charge is 0.0654 e. The summed E-state index contributed by atoms with van der Waals surface area (Å²) in [6.45, 7) is 11.6. The van der Waals surface area contributed by atoms with Crippen LogP contribution in [0.2, 0.25) is 0 Å². The molecule has 0 aliphatic carbocycles. The Bertz CT molecular complexity index is 115. The van der Waals surface area contributed by atoms with Gasteiger partial charge in [-0.3, -0.25) is 0 Å². The van der Waals surface area contributed by atoms with Crippen molar-refractivity contribution in [3.63, 3.8) is 0 Å². The zero-order valence-corrected chi connectivity index (χ0v) is 10.2. The van der Waals surface area contributed by atoms with Gasteiger partial charge in [0.2, 0.25) is 0 Å². The monoisotopic (exact) mass is 183 g/mol. The predicted octanol–water partition coefficient (Wildman–Crippen LogP) is 4.84. The third-order valence-electron chi connectivity index (χ3n) is 3.41. The van der Waals surface area contributed by atoms with Gasteiger partial charge in [-0.25, -0.2) is 0 Å². The minimum Gasteiger partial charge on any atom is -0.0654 e. The topological polar surface area (TPSA) is 0 Å². The number of hydrogen-bond acceptors (Lipinski definition) is 0. The lowest BCUT2D eigenvalue weighted by molar-refractivity contribution is 0.198. The van der Waals surface area contributed by atoms with E-state index in [4.69, 9.17) is 0 Å². The molecule has 0 aromatic heterocycles. The Balaban J connectivity index is 4.26. The van der Waals surface area contributed by atoms with Crippen LogP contribution in [-0.2, 0) is 0 Å². The standard InChI is InChI=1S/C13H27/c1-6-9-11-13(8-3,10-7-2)12(4)5/h10,12H,6-9,11H2,1-5H3. The van der Waals surface area contributed by atoms with Gasteiger partial charge in [0, 0.05) is 0 Å². The van der Waals surface area contributed by atoms with E-state index < -0.39 is 0 Å². The molecule has 0 nitrogen and oxygen atoms in total. The second kappa shape index (κ2) is 6.45. The van der Waals surface area contributed by atoms with Crippen molar-refractivity contribution in [2.45, 2.75) is 66.7 Å². The fraction of sp³-hybridized carbons (Fsp3) is 0.923. The first-order valence-electron chi connectivity index (χ1n) is 5.97. The lowest BCUT2D eigenvalue weighted by Crippen LogP contribution is -2.27. The summed E-state index contributed by atoms with van der Waals surface area (Å²) >= 11 is 0. The molecule has 0 amide bonds. The summed E-state index contributed by atoms with van der Waals surface area (Å²) in [4.78, 5) is 0. The third-order valence-corrected chi connectivity index (χ3v) is 3.41. The third kappa shape index (κ3) is 3.70. The molecule has 0 heteroatoms. The van der Waals surface area contributed by atoms with Crippen molar-refractivity contribution in [2.24, 2.45) is 11.3 Å². The van der Waals surface area contributed by atoms with Gasteiger partial charge in [0.1, 0.15) is 0 Å². The smallest absolute Gasteiger partial charge is 0.0246 e. The molecule has 0 bridgehead atoms. The van der Waals surface area contributed by atoms with Crippen LogP contribution in [0, 0.1) is 17.8 Å². The highest BCUT2D eigenvalue weighted by Crippen LogP contribution is 2.40. The summed E-state index contributed by atoms with van der Waals surface area (Å²) in [5.74, 6) is 0.795. The highest BCUT2D eigenvalue weighted by Gasteiger charge is 2.29. The van der Waals surface area contributed by atoms with Crippen LogP contribution in [0.5, 0.6) is 0 Å². The van der Waals surface area contributed by atoms with Crippen LogP contribution in [0.3, 0.4) is 0 Å². The lowest BCUT2D eigenvalue weighted by Gasteiger charge is -2.36. The molecule has 0 saturated carbocycles. The fourth-order valence-corrected chi connectivity index (χ4v) is 2.27. The SMILES string of the molecule is CC[CH]C(CC)(CCCC)C(C)C. The van der Waals surface area contributed by atoms with Gasteiger partial charge in [0.25, 0.3) is 0 Å². The Labute approximate surface area is 85.1 Å². The van der Waals surface area contributed by atoms with Crippen LogP contribution < -0.4 is 0 Å². The summed E-state index contributed by atoms with van der Waals surface area (Å²) in [6, 6.07) is 0. The predicted molar refractivity (Wildman–Crippen MR) is 61.7 cm³/mol. The number of unbranched alkanes of at least 4 members (excludes halogenated alkanes) is 1. The number of hydrogen-bond donors (Lipinski definition) is 0. The summed E-state index contributed by atoms with van der Waals surface area (Å²) in [5.41, 5.74) is 0.519. The van der Waals surface area contributed by atoms with Gasteiger partial charge < -0.3 is 0 Å². The van der Waals surface area contributed by atoms with Crippen molar-refractivity contribution >= 4 is 0 Å². The zero-order valence-electron chi connectivity index (χ0n) is 10.2. The molecule has 0 spiro atoms. The summed E-state index contributed by atoms with van der Waals surface area (Å²) < 4.78 is 0. The average Bonchev–Trinajstić information content (AvgIpc) is 2.12. The fourth-order valence-electron chi connectivity index (χ4n) is 2.27. The van der Waals surface area contributed by atoms with E-state index in [1.807, 2.05) is 0 Å². The molecule has 0 aliphatic rings. The van der Waals surface area contributed by atoms with Crippen molar-refractivity contribution in [3.8, 4) is 0 Å². The van der Waals surface area contributed by atoms with Crippen molar-refractivity contribution in [3.05, 3.63) is 6.42 Å². The van der Waals surface area contributed by atoms with E-state index >= 15 is 0 Å². The minimum absolute atomic E-state index is 0.519. The Morgan fingerprint density at radius 2 is 1.77 bits per heavy atom. The van der Waals surface area contributed by atoms with E-state index in [0.29, 0.717) is 5.41 Å². The molecular weight excluding hydrogens is 156 g/mol. The van der Waals surface area contributed by atoms with Crippen molar-refractivity contribution in [2.75, 3.05) is 0 Å². The molecule has 0 aromatic rings. The molecular formula is C13H27. The van der Waals surface area contributed by atoms with Crippen molar-refractivity contribution in [1.82, 2.24) is 0 Å². The van der Waals surface area contributed by atoms with E-state index in [2.05, 4.69) is 41.0 Å². The molecule has 1 atom stereocenters. The van der Waals surface area contributed by atoms with E-state index in [0.717, 1.165) is 5.92 Å². The van der Waals surface area contributed by atoms with Gasteiger partial charge in [-0.1, -0.05) is 53.9 Å². The first-order chi connectivity index (χ1) is 6.13. The molecule has 1 radical (unpaired) electrons. The molecule has 0 N–H and O–H groups in total. The summed E-state index contributed by atoms with van der Waals surface area (Å²) in [7, 11) is 0. The second-order valence-corrected chi connectivity index (χ2v) is 4.46. The van der Waals surface area contributed by atoms with Crippen LogP contribution in [0.15, 0.2) is 0 Å². The lowest BCUT2D eigenvalue weighted by atomic mass is 9.68. The van der Waals surface area contributed by atoms with Crippen molar-refractivity contribution < 1.29 is 0 Å². The van der Waals surface area contributed by atoms with Gasteiger partial charge in [0.15, 0.2) is 0 Å². The average molecular weight is 183 g/mol. The van der Waals surface area contributed by atoms with Gasteiger partial charge in [0.05, 0.1) is 0 Å². The van der Waals surface area contributed by atoms with E-state index in [9.17, 15) is 0 Å². The van der Waals surface area contributed by atoms with Crippen LogP contribution in [0.1, 0.15) is 66.7 Å². The molecule has 0 rings (SSSR count). The van der Waals surface area contributed by atoms with Crippen molar-refractivity contribution in [1.29, 1.82) is 0 Å². The molecule has 0 aromatic carbocycles. The second-order valence-electron chi connectivity index (χ2n) is 4.46. The molecule has 0 fully saturated rings. The van der Waals surface area contributed by atoms with Crippen LogP contribution in [0.4, 0.5) is 0 Å². The normalized spacial score (nSPS) is 16.2. The number of rotatable bonds is 7. The van der Waals surface area contributed by atoms with E-state index in [1.54, 1.807) is 0 Å². The van der Waals surface area contributed by atoms with Gasteiger partial charge in [-0.2, -0.15) is 0 Å². The highest BCUT2D eigenvalue weighted by atomic mass is 14.3. The maximum absolute atomic E-state index is 2.55. The minimum atomic E-state index is 0.519. The van der Waals surface area contributed by atoms with Gasteiger partial charge in [-0.15, -0.1) is 0 Å². The summed E-state index contributed by atoms with van der Waals surface area (Å²) in [6.07, 6.45) is 9.15. The highest BCUT2D eigenvalue weighted by molar-refractivity contribution is 4.92. The molecule has 0 saturated heterocycles. The molecule has 1 unspecified atom stereocenters. The van der Waals surface area contributed by atoms with Crippen LogP contribution >= 0.6 is 0 Å².